The van der Waals surface area contributed by atoms with Crippen molar-refractivity contribution in [3.63, 3.8) is 0 Å². The molecule has 0 fully saturated rings. The fourth-order valence-corrected chi connectivity index (χ4v) is 2.11. The minimum Gasteiger partial charge on any atom is -0.348 e. The summed E-state index contributed by atoms with van der Waals surface area (Å²) in [5, 5.41) is 7.85. The summed E-state index contributed by atoms with van der Waals surface area (Å²) in [6, 6.07) is 5.32. The number of H-pyrrole nitrogens is 1. The van der Waals surface area contributed by atoms with Crippen molar-refractivity contribution in [2.24, 2.45) is 0 Å². The highest BCUT2D eigenvalue weighted by Gasteiger charge is 2.14. The average Bonchev–Trinajstić information content (AvgIpc) is 3.00. The molecule has 0 saturated carbocycles. The first-order chi connectivity index (χ1) is 10.6. The highest BCUT2D eigenvalue weighted by Crippen LogP contribution is 2.28. The second kappa shape index (κ2) is 7.23. The zero-order valence-electron chi connectivity index (χ0n) is 11.7. The van der Waals surface area contributed by atoms with Crippen LogP contribution in [0, 0.1) is 5.82 Å². The van der Waals surface area contributed by atoms with Gasteiger partial charge < -0.3 is 4.98 Å². The van der Waals surface area contributed by atoms with E-state index in [4.69, 9.17) is 0 Å². The lowest BCUT2D eigenvalue weighted by Crippen LogP contribution is -1.98. The molecule has 1 aromatic carbocycles. The van der Waals surface area contributed by atoms with Gasteiger partial charge in [0.2, 0.25) is 0 Å². The van der Waals surface area contributed by atoms with E-state index in [1.165, 1.54) is 12.3 Å². The Labute approximate surface area is 136 Å². The van der Waals surface area contributed by atoms with Gasteiger partial charge in [0, 0.05) is 24.4 Å². The van der Waals surface area contributed by atoms with Crippen LogP contribution in [0.25, 0.3) is 11.1 Å². The molecule has 0 aliphatic rings. The molecule has 0 radical (unpaired) electrons. The molecule has 0 atom stereocenters. The first-order valence-corrected chi connectivity index (χ1v) is 6.51. The summed E-state index contributed by atoms with van der Waals surface area (Å²) in [4.78, 5) is 7.04. The number of hydrogen-bond donors (Lipinski definition) is 1. The van der Waals surface area contributed by atoms with Crippen LogP contribution in [-0.4, -0.2) is 20.2 Å². The molecule has 23 heavy (non-hydrogen) atoms. The van der Waals surface area contributed by atoms with Gasteiger partial charge in [-0.25, -0.2) is 18.2 Å². The van der Waals surface area contributed by atoms with Crippen LogP contribution in [0.4, 0.5) is 13.2 Å². The molecule has 2 aromatic heterocycles. The first kappa shape index (κ1) is 17.0. The Kier molecular flexibility index (Phi) is 5.33. The summed E-state index contributed by atoms with van der Waals surface area (Å²) in [5.41, 5.74) is 1.07. The van der Waals surface area contributed by atoms with E-state index in [-0.39, 0.29) is 12.4 Å². The molecule has 0 bridgehead atoms. The molecule has 0 aliphatic carbocycles. The maximum absolute atomic E-state index is 13.3. The lowest BCUT2D eigenvalue weighted by molar-refractivity contribution is 0.146. The van der Waals surface area contributed by atoms with Crippen molar-refractivity contribution >= 4 is 12.4 Å². The van der Waals surface area contributed by atoms with Gasteiger partial charge in [-0.2, -0.15) is 10.2 Å². The number of alkyl halides is 2. The Hall–Kier alpha value is -2.41. The summed E-state index contributed by atoms with van der Waals surface area (Å²) in [6.07, 6.45) is 2.35. The van der Waals surface area contributed by atoms with Crippen molar-refractivity contribution in [1.29, 1.82) is 0 Å². The molecule has 0 aliphatic heterocycles. The van der Waals surface area contributed by atoms with Crippen LogP contribution in [0.5, 0.6) is 0 Å². The number of aromatic nitrogens is 4. The Bertz CT molecular complexity index is 778. The number of nitrogens with one attached hydrogen (secondary N) is 1. The molecule has 8 heteroatoms. The van der Waals surface area contributed by atoms with Crippen LogP contribution < -0.4 is 0 Å². The zero-order chi connectivity index (χ0) is 15.5. The number of benzene rings is 1. The Morgan fingerprint density at radius 2 is 1.96 bits per heavy atom. The van der Waals surface area contributed by atoms with Gasteiger partial charge in [0.05, 0.1) is 17.5 Å². The highest BCUT2D eigenvalue weighted by molar-refractivity contribution is 5.85. The second-order valence-electron chi connectivity index (χ2n) is 4.69. The third-order valence-corrected chi connectivity index (χ3v) is 3.17. The molecular formula is C15H12ClF3N4. The van der Waals surface area contributed by atoms with Crippen molar-refractivity contribution in [1.82, 2.24) is 20.2 Å². The molecule has 0 spiro atoms. The van der Waals surface area contributed by atoms with Crippen LogP contribution >= 0.6 is 12.4 Å². The molecule has 120 valence electrons. The van der Waals surface area contributed by atoms with Crippen LogP contribution in [-0.2, 0) is 6.42 Å². The SMILES string of the molecule is Cl.Fc1ccc(-c2cnnc(Cc3ncc[nH]3)c2)cc1C(F)F. The topological polar surface area (TPSA) is 54.5 Å². The monoisotopic (exact) mass is 340 g/mol. The quantitative estimate of drug-likeness (QED) is 0.782. The number of aromatic amines is 1. The molecule has 2 heterocycles. The smallest absolute Gasteiger partial charge is 0.266 e. The van der Waals surface area contributed by atoms with Crippen molar-refractivity contribution in [3.05, 3.63) is 65.8 Å². The van der Waals surface area contributed by atoms with E-state index < -0.39 is 17.8 Å². The molecule has 0 saturated heterocycles. The van der Waals surface area contributed by atoms with Gasteiger partial charge in [0.25, 0.3) is 6.43 Å². The van der Waals surface area contributed by atoms with E-state index in [1.54, 1.807) is 18.5 Å². The van der Waals surface area contributed by atoms with Gasteiger partial charge in [0.1, 0.15) is 11.6 Å². The van der Waals surface area contributed by atoms with Gasteiger partial charge in [-0.15, -0.1) is 12.4 Å². The lowest BCUT2D eigenvalue weighted by Gasteiger charge is -2.07. The van der Waals surface area contributed by atoms with E-state index in [9.17, 15) is 13.2 Å². The average molecular weight is 341 g/mol. The highest BCUT2D eigenvalue weighted by atomic mass is 35.5. The maximum atomic E-state index is 13.3. The fourth-order valence-electron chi connectivity index (χ4n) is 2.11. The van der Waals surface area contributed by atoms with Gasteiger partial charge in [-0.1, -0.05) is 6.07 Å². The molecule has 0 amide bonds. The lowest BCUT2D eigenvalue weighted by atomic mass is 10.0. The third kappa shape index (κ3) is 3.87. The normalized spacial score (nSPS) is 10.6. The molecule has 3 aromatic rings. The summed E-state index contributed by atoms with van der Waals surface area (Å²) < 4.78 is 38.9. The van der Waals surface area contributed by atoms with Crippen molar-refractivity contribution in [2.75, 3.05) is 0 Å². The fraction of sp³-hybridized carbons (Fsp3) is 0.133. The maximum Gasteiger partial charge on any atom is 0.266 e. The van der Waals surface area contributed by atoms with Crippen molar-refractivity contribution in [2.45, 2.75) is 12.8 Å². The van der Waals surface area contributed by atoms with Crippen LogP contribution in [0.15, 0.2) is 42.9 Å². The Morgan fingerprint density at radius 3 is 2.65 bits per heavy atom. The number of nitrogens with zero attached hydrogens (tertiary/aromatic N) is 3. The van der Waals surface area contributed by atoms with Gasteiger partial charge in [-0.3, -0.25) is 0 Å². The number of imidazole rings is 1. The number of rotatable bonds is 4. The van der Waals surface area contributed by atoms with E-state index in [0.29, 0.717) is 23.2 Å². The minimum absolute atomic E-state index is 0. The van der Waals surface area contributed by atoms with Gasteiger partial charge in [0.15, 0.2) is 0 Å². The molecule has 4 nitrogen and oxygen atoms in total. The summed E-state index contributed by atoms with van der Waals surface area (Å²) >= 11 is 0. The number of halogens is 4. The van der Waals surface area contributed by atoms with E-state index >= 15 is 0 Å². The standard InChI is InChI=1S/C15H11F3N4.ClH/c16-13-2-1-9(6-12(13)15(17)18)10-5-11(22-21-8-10)7-14-19-3-4-20-14;/h1-6,8,15H,7H2,(H,19,20);1H. The molecule has 1 N–H and O–H groups in total. The number of hydrogen-bond acceptors (Lipinski definition) is 3. The predicted molar refractivity (Wildman–Crippen MR) is 81.0 cm³/mol. The van der Waals surface area contributed by atoms with E-state index in [2.05, 4.69) is 20.2 Å². The second-order valence-corrected chi connectivity index (χ2v) is 4.69. The molecule has 0 unspecified atom stereocenters. The minimum atomic E-state index is -2.86. The van der Waals surface area contributed by atoms with E-state index in [1.807, 2.05) is 0 Å². The third-order valence-electron chi connectivity index (χ3n) is 3.17. The Morgan fingerprint density at radius 1 is 1.13 bits per heavy atom. The zero-order valence-corrected chi connectivity index (χ0v) is 12.5. The Balaban J connectivity index is 0.00000192. The summed E-state index contributed by atoms with van der Waals surface area (Å²) in [5.74, 6) is -0.199. The van der Waals surface area contributed by atoms with Crippen molar-refractivity contribution in [3.8, 4) is 11.1 Å². The first-order valence-electron chi connectivity index (χ1n) is 6.51. The largest absolute Gasteiger partial charge is 0.348 e. The van der Waals surface area contributed by atoms with Crippen LogP contribution in [0.1, 0.15) is 23.5 Å². The molecule has 3 rings (SSSR count). The predicted octanol–water partition coefficient (Wildman–Crippen LogP) is 3.96. The van der Waals surface area contributed by atoms with Gasteiger partial charge >= 0.3 is 0 Å². The molecular weight excluding hydrogens is 329 g/mol. The summed E-state index contributed by atoms with van der Waals surface area (Å²) in [6.45, 7) is 0. The van der Waals surface area contributed by atoms with Crippen LogP contribution in [0.2, 0.25) is 0 Å². The summed E-state index contributed by atoms with van der Waals surface area (Å²) in [7, 11) is 0. The van der Waals surface area contributed by atoms with Crippen LogP contribution in [0.3, 0.4) is 0 Å². The van der Waals surface area contributed by atoms with E-state index in [0.717, 1.165) is 18.0 Å². The van der Waals surface area contributed by atoms with Crippen molar-refractivity contribution < 1.29 is 13.2 Å². The van der Waals surface area contributed by atoms with Gasteiger partial charge in [-0.05, 0) is 23.8 Å².